The van der Waals surface area contributed by atoms with Gasteiger partial charge in [0.1, 0.15) is 11.9 Å². The third-order valence-electron chi connectivity index (χ3n) is 2.17. The van der Waals surface area contributed by atoms with Crippen molar-refractivity contribution in [2.75, 3.05) is 27.3 Å². The Labute approximate surface area is 105 Å². The highest BCUT2D eigenvalue weighted by molar-refractivity contribution is 9.10. The van der Waals surface area contributed by atoms with E-state index < -0.39 is 0 Å². The third-order valence-corrected chi connectivity index (χ3v) is 2.79. The molecule has 0 aliphatic rings. The van der Waals surface area contributed by atoms with Crippen molar-refractivity contribution in [3.63, 3.8) is 0 Å². The van der Waals surface area contributed by atoms with Crippen LogP contribution in [0.5, 0.6) is 5.75 Å². The Bertz CT molecular complexity index is 325. The number of likely N-dealkylation sites (N-methyl/N-ethyl adjacent to an activating group) is 1. The van der Waals surface area contributed by atoms with E-state index in [0.29, 0.717) is 6.61 Å². The molecule has 1 aromatic carbocycles. The van der Waals surface area contributed by atoms with Crippen LogP contribution in [-0.4, -0.2) is 33.4 Å². The van der Waals surface area contributed by atoms with Gasteiger partial charge in [0, 0.05) is 13.7 Å². The highest BCUT2D eigenvalue weighted by atomic mass is 79.9. The van der Waals surface area contributed by atoms with E-state index in [2.05, 4.69) is 28.2 Å². The smallest absolute Gasteiger partial charge is 0.134 e. The topological polar surface area (TPSA) is 30.5 Å². The zero-order chi connectivity index (χ0) is 12.0. The molecule has 0 saturated carbocycles. The summed E-state index contributed by atoms with van der Waals surface area (Å²) < 4.78 is 11.9. The molecule has 1 atom stereocenters. The van der Waals surface area contributed by atoms with Gasteiger partial charge in [-0.25, -0.2) is 0 Å². The van der Waals surface area contributed by atoms with Gasteiger partial charge in [-0.3, -0.25) is 0 Å². The lowest BCUT2D eigenvalue weighted by molar-refractivity contribution is 0.0813. The summed E-state index contributed by atoms with van der Waals surface area (Å²) in [5.41, 5.74) is 1.20. The monoisotopic (exact) mass is 287 g/mol. The number of benzene rings is 1. The molecule has 3 nitrogen and oxygen atoms in total. The normalized spacial score (nSPS) is 12.5. The molecule has 0 fully saturated rings. The molecule has 1 aromatic rings. The summed E-state index contributed by atoms with van der Waals surface area (Å²) >= 11 is 3.49. The maximum Gasteiger partial charge on any atom is 0.134 e. The fraction of sp³-hybridized carbons (Fsp3) is 0.500. The third kappa shape index (κ3) is 4.12. The van der Waals surface area contributed by atoms with Crippen LogP contribution in [0.3, 0.4) is 0 Å². The summed E-state index contributed by atoms with van der Waals surface area (Å²) in [4.78, 5) is 0. The molecule has 4 heteroatoms. The molecular formula is C12H18BrNO2. The number of nitrogens with one attached hydrogen (secondary N) is 1. The van der Waals surface area contributed by atoms with Gasteiger partial charge in [0.05, 0.1) is 11.1 Å². The first kappa shape index (κ1) is 13.5. The van der Waals surface area contributed by atoms with Crippen LogP contribution in [0, 0.1) is 6.92 Å². The lowest BCUT2D eigenvalue weighted by Gasteiger charge is -2.19. The average molecular weight is 288 g/mol. The van der Waals surface area contributed by atoms with Crippen LogP contribution in [0.15, 0.2) is 22.7 Å². The van der Waals surface area contributed by atoms with Gasteiger partial charge in [0.25, 0.3) is 0 Å². The van der Waals surface area contributed by atoms with Crippen molar-refractivity contribution in [3.05, 3.63) is 28.2 Å². The van der Waals surface area contributed by atoms with Crippen LogP contribution < -0.4 is 10.1 Å². The van der Waals surface area contributed by atoms with Gasteiger partial charge >= 0.3 is 0 Å². The molecule has 1 N–H and O–H groups in total. The second-order valence-corrected chi connectivity index (χ2v) is 4.54. The van der Waals surface area contributed by atoms with Crippen molar-refractivity contribution >= 4 is 15.9 Å². The summed E-state index contributed by atoms with van der Waals surface area (Å²) in [5, 5.41) is 3.08. The lowest BCUT2D eigenvalue weighted by atomic mass is 10.2. The van der Waals surface area contributed by atoms with E-state index >= 15 is 0 Å². The number of hydrogen-bond donors (Lipinski definition) is 1. The van der Waals surface area contributed by atoms with Crippen molar-refractivity contribution in [2.45, 2.75) is 13.0 Å². The summed E-state index contributed by atoms with van der Waals surface area (Å²) in [7, 11) is 3.58. The Morgan fingerprint density at radius 3 is 2.75 bits per heavy atom. The number of methoxy groups -OCH3 is 1. The van der Waals surface area contributed by atoms with E-state index in [1.54, 1.807) is 7.11 Å². The van der Waals surface area contributed by atoms with Crippen LogP contribution in [-0.2, 0) is 4.74 Å². The molecule has 0 radical (unpaired) electrons. The van der Waals surface area contributed by atoms with Crippen molar-refractivity contribution in [1.29, 1.82) is 0 Å². The fourth-order valence-corrected chi connectivity index (χ4v) is 2.02. The molecule has 0 aromatic heterocycles. The summed E-state index contributed by atoms with van der Waals surface area (Å²) in [6.07, 6.45) is 0.0222. The predicted molar refractivity (Wildman–Crippen MR) is 69.1 cm³/mol. The molecule has 0 bridgehead atoms. The Hall–Kier alpha value is -0.580. The Morgan fingerprint density at radius 1 is 1.44 bits per heavy atom. The van der Waals surface area contributed by atoms with E-state index in [1.807, 2.05) is 25.2 Å². The fourth-order valence-electron chi connectivity index (χ4n) is 1.43. The van der Waals surface area contributed by atoms with Gasteiger partial charge in [0.2, 0.25) is 0 Å². The Balaban J connectivity index is 2.68. The number of halogens is 1. The van der Waals surface area contributed by atoms with Crippen molar-refractivity contribution in [2.24, 2.45) is 0 Å². The SMILES string of the molecule is CNCC(COC)Oc1ccc(C)cc1Br. The van der Waals surface area contributed by atoms with Gasteiger partial charge < -0.3 is 14.8 Å². The van der Waals surface area contributed by atoms with Crippen LogP contribution in [0.1, 0.15) is 5.56 Å². The molecule has 0 aliphatic carbocycles. The predicted octanol–water partition coefficient (Wildman–Crippen LogP) is 2.37. The zero-order valence-corrected chi connectivity index (χ0v) is 11.5. The molecule has 1 unspecified atom stereocenters. The molecule has 0 amide bonds. The summed E-state index contributed by atoms with van der Waals surface area (Å²) in [6.45, 7) is 3.38. The standard InChI is InChI=1S/C12H18BrNO2/c1-9-4-5-12(11(13)6-9)16-10(7-14-2)8-15-3/h4-6,10,14H,7-8H2,1-3H3. The zero-order valence-electron chi connectivity index (χ0n) is 9.92. The van der Waals surface area contributed by atoms with Gasteiger partial charge in [-0.05, 0) is 47.6 Å². The quantitative estimate of drug-likeness (QED) is 0.871. The molecule has 1 rings (SSSR count). The van der Waals surface area contributed by atoms with Gasteiger partial charge in [-0.2, -0.15) is 0 Å². The number of rotatable bonds is 6. The van der Waals surface area contributed by atoms with Gasteiger partial charge in [-0.15, -0.1) is 0 Å². The second kappa shape index (κ2) is 6.89. The van der Waals surface area contributed by atoms with Crippen molar-refractivity contribution in [3.8, 4) is 5.75 Å². The molecule has 0 saturated heterocycles. The second-order valence-electron chi connectivity index (χ2n) is 3.69. The minimum absolute atomic E-state index is 0.0222. The first-order valence-corrected chi connectivity index (χ1v) is 6.03. The molecule has 0 spiro atoms. The minimum atomic E-state index is 0.0222. The van der Waals surface area contributed by atoms with E-state index in [0.717, 1.165) is 16.8 Å². The van der Waals surface area contributed by atoms with Gasteiger partial charge in [0.15, 0.2) is 0 Å². The maximum atomic E-state index is 5.85. The van der Waals surface area contributed by atoms with Crippen LogP contribution in [0.25, 0.3) is 0 Å². The van der Waals surface area contributed by atoms with E-state index in [4.69, 9.17) is 9.47 Å². The Morgan fingerprint density at radius 2 is 2.19 bits per heavy atom. The molecule has 16 heavy (non-hydrogen) atoms. The first-order chi connectivity index (χ1) is 7.67. The van der Waals surface area contributed by atoms with Crippen molar-refractivity contribution < 1.29 is 9.47 Å². The van der Waals surface area contributed by atoms with Crippen LogP contribution in [0.4, 0.5) is 0 Å². The van der Waals surface area contributed by atoms with E-state index in [1.165, 1.54) is 5.56 Å². The lowest BCUT2D eigenvalue weighted by Crippen LogP contribution is -2.33. The number of hydrogen-bond acceptors (Lipinski definition) is 3. The molecule has 90 valence electrons. The average Bonchev–Trinajstić information content (AvgIpc) is 2.23. The highest BCUT2D eigenvalue weighted by Crippen LogP contribution is 2.26. The van der Waals surface area contributed by atoms with Crippen LogP contribution in [0.2, 0.25) is 0 Å². The highest BCUT2D eigenvalue weighted by Gasteiger charge is 2.11. The maximum absolute atomic E-state index is 5.85. The van der Waals surface area contributed by atoms with Crippen molar-refractivity contribution in [1.82, 2.24) is 5.32 Å². The number of aryl methyl sites for hydroxylation is 1. The van der Waals surface area contributed by atoms with Crippen LogP contribution >= 0.6 is 15.9 Å². The Kier molecular flexibility index (Phi) is 5.80. The van der Waals surface area contributed by atoms with Gasteiger partial charge in [-0.1, -0.05) is 6.07 Å². The summed E-state index contributed by atoms with van der Waals surface area (Å²) in [5.74, 6) is 0.850. The number of ether oxygens (including phenoxy) is 2. The molecule has 0 heterocycles. The minimum Gasteiger partial charge on any atom is -0.486 e. The molecular weight excluding hydrogens is 270 g/mol. The summed E-state index contributed by atoms with van der Waals surface area (Å²) in [6, 6.07) is 6.04. The van der Waals surface area contributed by atoms with E-state index in [9.17, 15) is 0 Å². The molecule has 0 aliphatic heterocycles. The van der Waals surface area contributed by atoms with E-state index in [-0.39, 0.29) is 6.10 Å². The first-order valence-electron chi connectivity index (χ1n) is 5.23. The largest absolute Gasteiger partial charge is 0.486 e.